The second kappa shape index (κ2) is 5.53. The first kappa shape index (κ1) is 14.4. The number of nitrogens with two attached hydrogens (primary N) is 1. The number of nitrogens with one attached hydrogen (secondary N) is 2. The van der Waals surface area contributed by atoms with Crippen LogP contribution in [-0.4, -0.2) is 39.9 Å². The first-order chi connectivity index (χ1) is 9.45. The molecular formula is C10H15N7O2S. The molecule has 0 bridgehead atoms. The highest BCUT2D eigenvalue weighted by Crippen LogP contribution is 2.22. The lowest BCUT2D eigenvalue weighted by molar-refractivity contribution is 0.457. The van der Waals surface area contributed by atoms with Crippen molar-refractivity contribution in [2.75, 3.05) is 12.5 Å². The van der Waals surface area contributed by atoms with Crippen molar-refractivity contribution in [3.8, 4) is 0 Å². The number of H-pyrrole nitrogens is 1. The van der Waals surface area contributed by atoms with Crippen LogP contribution in [0.4, 0.5) is 5.69 Å². The Morgan fingerprint density at radius 3 is 2.85 bits per heavy atom. The number of aromatic nitrogens is 4. The molecule has 9 nitrogen and oxygen atoms in total. The van der Waals surface area contributed by atoms with E-state index in [0.29, 0.717) is 11.6 Å². The summed E-state index contributed by atoms with van der Waals surface area (Å²) in [6.07, 6.45) is 2.69. The maximum absolute atomic E-state index is 12.4. The average Bonchev–Trinajstić information content (AvgIpc) is 2.84. The molecule has 0 atom stereocenters. The lowest BCUT2D eigenvalue weighted by Crippen LogP contribution is -2.28. The fourth-order valence-electron chi connectivity index (χ4n) is 1.62. The van der Waals surface area contributed by atoms with E-state index in [1.807, 2.05) is 0 Å². The maximum atomic E-state index is 12.4. The van der Waals surface area contributed by atoms with Crippen LogP contribution in [0.1, 0.15) is 11.6 Å². The normalized spacial score (nSPS) is 11.8. The Morgan fingerprint density at radius 1 is 1.50 bits per heavy atom. The number of hydrogen-bond donors (Lipinski definition) is 3. The van der Waals surface area contributed by atoms with E-state index < -0.39 is 10.0 Å². The highest BCUT2D eigenvalue weighted by Gasteiger charge is 2.25. The van der Waals surface area contributed by atoms with Gasteiger partial charge in [0.05, 0.1) is 12.2 Å². The minimum atomic E-state index is -3.74. The molecule has 0 saturated carbocycles. The van der Waals surface area contributed by atoms with Gasteiger partial charge in [0.25, 0.3) is 0 Å². The van der Waals surface area contributed by atoms with E-state index in [-0.39, 0.29) is 17.1 Å². The van der Waals surface area contributed by atoms with Crippen LogP contribution in [0.3, 0.4) is 0 Å². The Morgan fingerprint density at radius 2 is 2.25 bits per heavy atom. The Balaban J connectivity index is 2.29. The maximum Gasteiger partial charge on any atom is 0.246 e. The number of aryl methyl sites for hydroxylation is 1. The average molecular weight is 297 g/mol. The van der Waals surface area contributed by atoms with Gasteiger partial charge in [-0.3, -0.25) is 15.9 Å². The number of nitrogen functional groups attached to an aromatic ring is 1. The number of hydrogen-bond acceptors (Lipinski definition) is 7. The summed E-state index contributed by atoms with van der Waals surface area (Å²) in [6.45, 7) is 1.79. The second-order valence-electron chi connectivity index (χ2n) is 4.11. The molecule has 0 radical (unpaired) electrons. The monoisotopic (exact) mass is 297 g/mol. The molecule has 0 aliphatic carbocycles. The van der Waals surface area contributed by atoms with Crippen LogP contribution >= 0.6 is 0 Å². The van der Waals surface area contributed by atoms with Gasteiger partial charge in [0, 0.05) is 19.4 Å². The molecule has 20 heavy (non-hydrogen) atoms. The van der Waals surface area contributed by atoms with Gasteiger partial charge in [-0.2, -0.15) is 9.40 Å². The third kappa shape index (κ3) is 2.76. The molecule has 108 valence electrons. The number of nitrogens with zero attached hydrogens (tertiary/aromatic N) is 4. The SMILES string of the molecule is Cc1nc(CN(C)S(=O)(=O)c2cnccc2NN)n[nH]1. The zero-order valence-corrected chi connectivity index (χ0v) is 11.8. The fraction of sp³-hybridized carbons (Fsp3) is 0.300. The zero-order chi connectivity index (χ0) is 14.8. The quantitative estimate of drug-likeness (QED) is 0.506. The first-order valence-corrected chi connectivity index (χ1v) is 7.14. The fourth-order valence-corrected chi connectivity index (χ4v) is 2.84. The van der Waals surface area contributed by atoms with Crippen molar-refractivity contribution in [3.05, 3.63) is 30.1 Å². The summed E-state index contributed by atoms with van der Waals surface area (Å²) in [5.41, 5.74) is 2.62. The number of anilines is 1. The summed E-state index contributed by atoms with van der Waals surface area (Å²) in [5.74, 6) is 6.32. The minimum Gasteiger partial charge on any atom is -0.323 e. The van der Waals surface area contributed by atoms with Crippen LogP contribution in [0.5, 0.6) is 0 Å². The lowest BCUT2D eigenvalue weighted by atomic mass is 10.4. The predicted octanol–water partition coefficient (Wildman–Crippen LogP) is -0.386. The molecule has 0 unspecified atom stereocenters. The van der Waals surface area contributed by atoms with Gasteiger partial charge in [0.2, 0.25) is 10.0 Å². The first-order valence-electron chi connectivity index (χ1n) is 5.70. The predicted molar refractivity (Wildman–Crippen MR) is 71.8 cm³/mol. The summed E-state index contributed by atoms with van der Waals surface area (Å²) in [7, 11) is -2.30. The summed E-state index contributed by atoms with van der Waals surface area (Å²) < 4.78 is 26.0. The van der Waals surface area contributed by atoms with E-state index >= 15 is 0 Å². The summed E-state index contributed by atoms with van der Waals surface area (Å²) >= 11 is 0. The standard InChI is InChI=1S/C10H15N7O2S/c1-7-13-10(16-15-7)6-17(2)20(18,19)9-5-12-4-3-8(9)14-11/h3-5H,6,11H2,1-2H3,(H,12,14)(H,13,15,16). The van der Waals surface area contributed by atoms with E-state index in [1.165, 1.54) is 25.5 Å². The molecule has 0 fully saturated rings. The van der Waals surface area contributed by atoms with E-state index in [1.54, 1.807) is 6.92 Å². The molecular weight excluding hydrogens is 282 g/mol. The third-order valence-corrected chi connectivity index (χ3v) is 4.47. The van der Waals surface area contributed by atoms with E-state index in [4.69, 9.17) is 5.84 Å². The van der Waals surface area contributed by atoms with Gasteiger partial charge in [0.1, 0.15) is 10.7 Å². The van der Waals surface area contributed by atoms with Gasteiger partial charge in [0.15, 0.2) is 5.82 Å². The number of rotatable bonds is 5. The highest BCUT2D eigenvalue weighted by atomic mass is 32.2. The molecule has 10 heteroatoms. The minimum absolute atomic E-state index is 0.00254. The Labute approximate surface area is 116 Å². The van der Waals surface area contributed by atoms with Crippen molar-refractivity contribution in [2.24, 2.45) is 5.84 Å². The molecule has 0 aliphatic rings. The van der Waals surface area contributed by atoms with Crippen molar-refractivity contribution in [3.63, 3.8) is 0 Å². The Kier molecular flexibility index (Phi) is 3.97. The molecule has 0 amide bonds. The largest absolute Gasteiger partial charge is 0.323 e. The van der Waals surface area contributed by atoms with E-state index in [0.717, 1.165) is 4.31 Å². The topological polar surface area (TPSA) is 130 Å². The highest BCUT2D eigenvalue weighted by molar-refractivity contribution is 7.89. The van der Waals surface area contributed by atoms with Crippen molar-refractivity contribution >= 4 is 15.7 Å². The van der Waals surface area contributed by atoms with Gasteiger partial charge in [-0.25, -0.2) is 13.4 Å². The van der Waals surface area contributed by atoms with E-state index in [2.05, 4.69) is 25.6 Å². The van der Waals surface area contributed by atoms with Crippen LogP contribution in [0.15, 0.2) is 23.4 Å². The van der Waals surface area contributed by atoms with Crippen LogP contribution in [-0.2, 0) is 16.6 Å². The Hall–Kier alpha value is -2.04. The molecule has 2 rings (SSSR count). The van der Waals surface area contributed by atoms with Crippen molar-refractivity contribution < 1.29 is 8.42 Å². The molecule has 2 aromatic rings. The molecule has 0 spiro atoms. The van der Waals surface area contributed by atoms with Crippen LogP contribution in [0, 0.1) is 6.92 Å². The van der Waals surface area contributed by atoms with Gasteiger partial charge in [-0.15, -0.1) is 0 Å². The molecule has 4 N–H and O–H groups in total. The smallest absolute Gasteiger partial charge is 0.246 e. The van der Waals surface area contributed by atoms with Crippen molar-refractivity contribution in [1.82, 2.24) is 24.5 Å². The van der Waals surface area contributed by atoms with Crippen LogP contribution in [0.2, 0.25) is 0 Å². The molecule has 0 aromatic carbocycles. The molecule has 0 saturated heterocycles. The molecule has 0 aliphatic heterocycles. The van der Waals surface area contributed by atoms with Crippen LogP contribution in [0.25, 0.3) is 0 Å². The Bertz CT molecular complexity index is 697. The van der Waals surface area contributed by atoms with E-state index in [9.17, 15) is 8.42 Å². The zero-order valence-electron chi connectivity index (χ0n) is 11.0. The van der Waals surface area contributed by atoms with Crippen LogP contribution < -0.4 is 11.3 Å². The van der Waals surface area contributed by atoms with Crippen molar-refractivity contribution in [2.45, 2.75) is 18.4 Å². The molecule has 2 heterocycles. The van der Waals surface area contributed by atoms with Gasteiger partial charge in [-0.05, 0) is 13.0 Å². The summed E-state index contributed by atoms with van der Waals surface area (Å²) in [4.78, 5) is 7.88. The van der Waals surface area contributed by atoms with Gasteiger partial charge in [-0.1, -0.05) is 0 Å². The third-order valence-electron chi connectivity index (χ3n) is 2.64. The number of pyridine rings is 1. The second-order valence-corrected chi connectivity index (χ2v) is 6.13. The number of sulfonamides is 1. The molecule has 2 aromatic heterocycles. The summed E-state index contributed by atoms with van der Waals surface area (Å²) in [6, 6.07) is 1.48. The number of aromatic amines is 1. The lowest BCUT2D eigenvalue weighted by Gasteiger charge is -2.17. The van der Waals surface area contributed by atoms with Gasteiger partial charge >= 0.3 is 0 Å². The number of hydrazine groups is 1. The van der Waals surface area contributed by atoms with Gasteiger partial charge < -0.3 is 5.43 Å². The van der Waals surface area contributed by atoms with Crippen molar-refractivity contribution in [1.29, 1.82) is 0 Å². The summed E-state index contributed by atoms with van der Waals surface area (Å²) in [5, 5.41) is 6.57.